The summed E-state index contributed by atoms with van der Waals surface area (Å²) in [6.07, 6.45) is -0.0573. The summed E-state index contributed by atoms with van der Waals surface area (Å²) in [5.74, 6) is 1.25. The molecule has 0 aliphatic rings. The Morgan fingerprint density at radius 3 is 2.68 bits per heavy atom. The zero-order valence-electron chi connectivity index (χ0n) is 16.0. The lowest BCUT2D eigenvalue weighted by Crippen LogP contribution is -2.37. The molecule has 0 radical (unpaired) electrons. The maximum Gasteiger partial charge on any atom is 0.261 e. The summed E-state index contributed by atoms with van der Waals surface area (Å²) >= 11 is 5.89. The number of ether oxygens (including phenoxy) is 1. The van der Waals surface area contributed by atoms with E-state index in [0.29, 0.717) is 28.9 Å². The van der Waals surface area contributed by atoms with E-state index >= 15 is 0 Å². The lowest BCUT2D eigenvalue weighted by atomic mass is 10.1. The molecule has 146 valence electrons. The van der Waals surface area contributed by atoms with Gasteiger partial charge in [0.1, 0.15) is 5.75 Å². The zero-order chi connectivity index (χ0) is 20.1. The Labute approximate surface area is 168 Å². The minimum atomic E-state index is -0.598. The van der Waals surface area contributed by atoms with Crippen LogP contribution in [0.3, 0.4) is 0 Å². The van der Waals surface area contributed by atoms with Gasteiger partial charge in [-0.2, -0.15) is 4.98 Å². The van der Waals surface area contributed by atoms with Crippen molar-refractivity contribution in [1.29, 1.82) is 0 Å². The lowest BCUT2D eigenvalue weighted by Gasteiger charge is -2.18. The van der Waals surface area contributed by atoms with Gasteiger partial charge in [-0.15, -0.1) is 0 Å². The van der Waals surface area contributed by atoms with E-state index in [1.165, 1.54) is 0 Å². The SMILES string of the molecule is CC[C@@H](Oc1cccc(C)c1C)C(=O)NCc1nc(-c2ccc(Cl)cc2)no1. The standard InChI is InChI=1S/C21H22ClN3O3/c1-4-17(27-18-7-5-6-13(2)14(18)3)21(26)23-12-19-24-20(25-28-19)15-8-10-16(22)11-9-15/h5-11,17H,4,12H2,1-3H3,(H,23,26)/t17-/m1/s1. The van der Waals surface area contributed by atoms with E-state index in [1.807, 2.05) is 39.0 Å². The third kappa shape index (κ3) is 4.70. The van der Waals surface area contributed by atoms with Gasteiger partial charge in [-0.3, -0.25) is 4.79 Å². The predicted octanol–water partition coefficient (Wildman–Crippen LogP) is 4.48. The molecular weight excluding hydrogens is 378 g/mol. The van der Waals surface area contributed by atoms with Crippen molar-refractivity contribution >= 4 is 17.5 Å². The molecule has 6 nitrogen and oxygen atoms in total. The first-order valence-corrected chi connectivity index (χ1v) is 9.44. The van der Waals surface area contributed by atoms with Crippen LogP contribution in [0, 0.1) is 13.8 Å². The van der Waals surface area contributed by atoms with E-state index in [2.05, 4.69) is 15.5 Å². The Kier molecular flexibility index (Phi) is 6.31. The van der Waals surface area contributed by atoms with Crippen LogP contribution in [-0.2, 0) is 11.3 Å². The summed E-state index contributed by atoms with van der Waals surface area (Å²) in [5.41, 5.74) is 2.93. The number of rotatable bonds is 7. The molecule has 28 heavy (non-hydrogen) atoms. The third-order valence-corrected chi connectivity index (χ3v) is 4.72. The van der Waals surface area contributed by atoms with Crippen LogP contribution in [0.1, 0.15) is 30.4 Å². The molecule has 1 aromatic heterocycles. The summed E-state index contributed by atoms with van der Waals surface area (Å²) in [7, 11) is 0. The van der Waals surface area contributed by atoms with Crippen LogP contribution in [0.15, 0.2) is 47.0 Å². The van der Waals surface area contributed by atoms with Gasteiger partial charge in [0.05, 0.1) is 6.54 Å². The maximum absolute atomic E-state index is 12.5. The zero-order valence-corrected chi connectivity index (χ0v) is 16.8. The average molecular weight is 400 g/mol. The molecule has 1 N–H and O–H groups in total. The van der Waals surface area contributed by atoms with Gasteiger partial charge in [-0.25, -0.2) is 0 Å². The minimum Gasteiger partial charge on any atom is -0.480 e. The number of hydrogen-bond donors (Lipinski definition) is 1. The largest absolute Gasteiger partial charge is 0.480 e. The first kappa shape index (κ1) is 19.9. The molecule has 0 saturated heterocycles. The molecule has 0 saturated carbocycles. The Morgan fingerprint density at radius 1 is 1.21 bits per heavy atom. The van der Waals surface area contributed by atoms with Crippen molar-refractivity contribution in [3.05, 3.63) is 64.5 Å². The first-order chi connectivity index (χ1) is 13.5. The molecule has 1 atom stereocenters. The lowest BCUT2D eigenvalue weighted by molar-refractivity contribution is -0.128. The molecule has 0 aliphatic heterocycles. The summed E-state index contributed by atoms with van der Waals surface area (Å²) in [4.78, 5) is 16.8. The first-order valence-electron chi connectivity index (χ1n) is 9.07. The minimum absolute atomic E-state index is 0.131. The van der Waals surface area contributed by atoms with Crippen LogP contribution in [0.25, 0.3) is 11.4 Å². The highest BCUT2D eigenvalue weighted by Crippen LogP contribution is 2.22. The number of amides is 1. The fraction of sp³-hybridized carbons (Fsp3) is 0.286. The van der Waals surface area contributed by atoms with E-state index in [-0.39, 0.29) is 12.5 Å². The van der Waals surface area contributed by atoms with Gasteiger partial charge in [-0.1, -0.05) is 35.8 Å². The Morgan fingerprint density at radius 2 is 1.96 bits per heavy atom. The second-order valence-corrected chi connectivity index (χ2v) is 6.89. The van der Waals surface area contributed by atoms with Crippen LogP contribution in [0.5, 0.6) is 5.75 Å². The maximum atomic E-state index is 12.5. The fourth-order valence-corrected chi connectivity index (χ4v) is 2.77. The van der Waals surface area contributed by atoms with E-state index in [9.17, 15) is 4.79 Å². The van der Waals surface area contributed by atoms with Crippen molar-refractivity contribution < 1.29 is 14.1 Å². The van der Waals surface area contributed by atoms with Gasteiger partial charge < -0.3 is 14.6 Å². The third-order valence-electron chi connectivity index (χ3n) is 4.47. The molecule has 7 heteroatoms. The number of benzene rings is 2. The molecule has 0 unspecified atom stereocenters. The van der Waals surface area contributed by atoms with Gasteiger partial charge in [0.15, 0.2) is 6.10 Å². The smallest absolute Gasteiger partial charge is 0.261 e. The van der Waals surface area contributed by atoms with E-state index in [4.69, 9.17) is 20.9 Å². The number of carbonyl (C=O) groups excluding carboxylic acids is 1. The Hall–Kier alpha value is -2.86. The van der Waals surface area contributed by atoms with E-state index < -0.39 is 6.10 Å². The molecule has 1 amide bonds. The Bertz CT molecular complexity index is 954. The summed E-state index contributed by atoms with van der Waals surface area (Å²) in [5, 5.41) is 7.37. The fourth-order valence-electron chi connectivity index (χ4n) is 2.65. The molecular formula is C21H22ClN3O3. The number of nitrogens with zero attached hydrogens (tertiary/aromatic N) is 2. The van der Waals surface area contributed by atoms with E-state index in [0.717, 1.165) is 16.7 Å². The number of aromatic nitrogens is 2. The quantitative estimate of drug-likeness (QED) is 0.633. The number of halogens is 1. The Balaban J connectivity index is 1.61. The number of carbonyl (C=O) groups is 1. The highest BCUT2D eigenvalue weighted by Gasteiger charge is 2.20. The summed E-state index contributed by atoms with van der Waals surface area (Å²) in [6.45, 7) is 6.02. The molecule has 0 fully saturated rings. The molecule has 3 aromatic rings. The van der Waals surface area contributed by atoms with Crippen LogP contribution in [-0.4, -0.2) is 22.2 Å². The second kappa shape index (κ2) is 8.89. The average Bonchev–Trinajstić information content (AvgIpc) is 3.17. The number of nitrogens with one attached hydrogen (secondary N) is 1. The molecule has 2 aromatic carbocycles. The van der Waals surface area contributed by atoms with Crippen molar-refractivity contribution in [2.24, 2.45) is 0 Å². The molecule has 0 bridgehead atoms. The van der Waals surface area contributed by atoms with Gasteiger partial charge >= 0.3 is 0 Å². The van der Waals surface area contributed by atoms with Crippen LogP contribution >= 0.6 is 11.6 Å². The van der Waals surface area contributed by atoms with E-state index in [1.54, 1.807) is 24.3 Å². The van der Waals surface area contributed by atoms with Crippen molar-refractivity contribution in [2.75, 3.05) is 0 Å². The van der Waals surface area contributed by atoms with Crippen LogP contribution in [0.2, 0.25) is 5.02 Å². The topological polar surface area (TPSA) is 77.2 Å². The highest BCUT2D eigenvalue weighted by molar-refractivity contribution is 6.30. The van der Waals surface area contributed by atoms with Crippen molar-refractivity contribution in [3.63, 3.8) is 0 Å². The number of hydrogen-bond acceptors (Lipinski definition) is 5. The predicted molar refractivity (Wildman–Crippen MR) is 107 cm³/mol. The van der Waals surface area contributed by atoms with Gasteiger partial charge in [0.2, 0.25) is 11.7 Å². The van der Waals surface area contributed by atoms with Crippen molar-refractivity contribution in [3.8, 4) is 17.1 Å². The molecule has 0 spiro atoms. The molecule has 0 aliphatic carbocycles. The van der Waals surface area contributed by atoms with Crippen molar-refractivity contribution in [2.45, 2.75) is 39.8 Å². The monoisotopic (exact) mass is 399 g/mol. The normalized spacial score (nSPS) is 11.9. The van der Waals surface area contributed by atoms with Gasteiger partial charge in [0.25, 0.3) is 5.91 Å². The highest BCUT2D eigenvalue weighted by atomic mass is 35.5. The summed E-state index contributed by atoms with van der Waals surface area (Å²) < 4.78 is 11.1. The second-order valence-electron chi connectivity index (χ2n) is 6.45. The van der Waals surface area contributed by atoms with Gasteiger partial charge in [0, 0.05) is 10.6 Å². The molecule has 3 rings (SSSR count). The van der Waals surface area contributed by atoms with Gasteiger partial charge in [-0.05, 0) is 61.7 Å². The van der Waals surface area contributed by atoms with Crippen LogP contribution in [0.4, 0.5) is 0 Å². The molecule has 1 heterocycles. The van der Waals surface area contributed by atoms with Crippen molar-refractivity contribution in [1.82, 2.24) is 15.5 Å². The summed E-state index contributed by atoms with van der Waals surface area (Å²) in [6, 6.07) is 12.9. The number of aryl methyl sites for hydroxylation is 1. The van der Waals surface area contributed by atoms with Crippen LogP contribution < -0.4 is 10.1 Å².